The molecule has 0 aliphatic rings. The Morgan fingerprint density at radius 3 is 2.46 bits per heavy atom. The summed E-state index contributed by atoms with van der Waals surface area (Å²) in [4.78, 5) is 24.5. The van der Waals surface area contributed by atoms with Gasteiger partial charge in [-0.3, -0.25) is 4.79 Å². The lowest BCUT2D eigenvalue weighted by Crippen LogP contribution is -2.43. The minimum atomic E-state index is -0.849. The van der Waals surface area contributed by atoms with Crippen LogP contribution in [0.5, 0.6) is 5.75 Å². The minimum absolute atomic E-state index is 0.131. The van der Waals surface area contributed by atoms with Gasteiger partial charge in [0, 0.05) is 6.42 Å². The number of benzene rings is 2. The number of hydrogen-bond donors (Lipinski definition) is 2. The van der Waals surface area contributed by atoms with Gasteiger partial charge in [0.2, 0.25) is 0 Å². The van der Waals surface area contributed by atoms with Gasteiger partial charge in [-0.2, -0.15) is 0 Å². The van der Waals surface area contributed by atoms with Crippen molar-refractivity contribution in [2.24, 2.45) is 0 Å². The van der Waals surface area contributed by atoms with Crippen LogP contribution in [0.4, 0.5) is 0 Å². The molecule has 0 spiro atoms. The second-order valence-electron chi connectivity index (χ2n) is 5.13. The molecule has 1 amide bonds. The van der Waals surface area contributed by atoms with Crippen LogP contribution in [-0.4, -0.2) is 29.6 Å². The highest BCUT2D eigenvalue weighted by atomic mass is 35.5. The first-order chi connectivity index (χ1) is 11.5. The number of amides is 1. The van der Waals surface area contributed by atoms with E-state index in [9.17, 15) is 14.7 Å². The maximum atomic E-state index is 12.4. The zero-order chi connectivity index (χ0) is 17.5. The second-order valence-corrected chi connectivity index (χ2v) is 5.54. The van der Waals surface area contributed by atoms with Gasteiger partial charge in [-0.15, -0.1) is 0 Å². The van der Waals surface area contributed by atoms with Crippen molar-refractivity contribution in [3.05, 3.63) is 64.7 Å². The summed E-state index contributed by atoms with van der Waals surface area (Å²) in [5.41, 5.74) is 1.07. The van der Waals surface area contributed by atoms with E-state index in [-0.39, 0.29) is 18.8 Å². The van der Waals surface area contributed by atoms with Crippen molar-refractivity contribution < 1.29 is 19.4 Å². The van der Waals surface area contributed by atoms with Gasteiger partial charge in [0.15, 0.2) is 0 Å². The molecule has 0 heterocycles. The first kappa shape index (κ1) is 17.8. The molecule has 0 saturated heterocycles. The first-order valence-corrected chi connectivity index (χ1v) is 7.89. The third-order valence-electron chi connectivity index (χ3n) is 3.37. The van der Waals surface area contributed by atoms with Crippen LogP contribution in [0.25, 0.3) is 0 Å². The number of phenols is 1. The summed E-state index contributed by atoms with van der Waals surface area (Å²) < 4.78 is 5.03. The van der Waals surface area contributed by atoms with E-state index in [0.29, 0.717) is 10.6 Å². The molecule has 0 bridgehead atoms. The van der Waals surface area contributed by atoms with Crippen molar-refractivity contribution in [1.82, 2.24) is 5.32 Å². The summed E-state index contributed by atoms with van der Waals surface area (Å²) >= 11 is 6.02. The molecule has 2 aromatic rings. The molecule has 0 aromatic heterocycles. The van der Waals surface area contributed by atoms with Crippen LogP contribution in [-0.2, 0) is 16.0 Å². The van der Waals surface area contributed by atoms with Gasteiger partial charge in [0.1, 0.15) is 11.8 Å². The lowest BCUT2D eigenvalue weighted by Gasteiger charge is -2.18. The van der Waals surface area contributed by atoms with Crippen LogP contribution in [0.3, 0.4) is 0 Å². The van der Waals surface area contributed by atoms with Crippen molar-refractivity contribution >= 4 is 23.5 Å². The van der Waals surface area contributed by atoms with E-state index in [0.717, 1.165) is 5.56 Å². The number of phenolic OH excluding ortho intramolecular Hbond substituents is 1. The Balaban J connectivity index is 2.16. The molecule has 2 rings (SSSR count). The van der Waals surface area contributed by atoms with Gasteiger partial charge < -0.3 is 15.2 Å². The topological polar surface area (TPSA) is 75.6 Å². The van der Waals surface area contributed by atoms with E-state index in [1.54, 1.807) is 43.3 Å². The molecule has 0 aliphatic heterocycles. The smallest absolute Gasteiger partial charge is 0.328 e. The van der Waals surface area contributed by atoms with Crippen molar-refractivity contribution in [1.29, 1.82) is 0 Å². The number of hydrogen-bond acceptors (Lipinski definition) is 4. The van der Waals surface area contributed by atoms with Crippen LogP contribution in [0.1, 0.15) is 22.8 Å². The molecule has 126 valence electrons. The van der Waals surface area contributed by atoms with E-state index in [4.69, 9.17) is 16.3 Å². The number of nitrogens with one attached hydrogen (secondary N) is 1. The monoisotopic (exact) mass is 347 g/mol. The number of halogens is 1. The van der Waals surface area contributed by atoms with Crippen LogP contribution in [0.2, 0.25) is 5.02 Å². The van der Waals surface area contributed by atoms with Crippen LogP contribution in [0, 0.1) is 0 Å². The Bertz CT molecular complexity index is 715. The summed E-state index contributed by atoms with van der Waals surface area (Å²) in [6.07, 6.45) is 0.245. The second kappa shape index (κ2) is 8.36. The highest BCUT2D eigenvalue weighted by Gasteiger charge is 2.24. The van der Waals surface area contributed by atoms with Gasteiger partial charge in [0.05, 0.1) is 17.2 Å². The summed E-state index contributed by atoms with van der Waals surface area (Å²) in [6, 6.07) is 12.2. The number of rotatable bonds is 6. The molecule has 0 fully saturated rings. The average molecular weight is 348 g/mol. The molecule has 0 unspecified atom stereocenters. The van der Waals surface area contributed by atoms with Crippen LogP contribution in [0.15, 0.2) is 48.5 Å². The quantitative estimate of drug-likeness (QED) is 0.788. The average Bonchev–Trinajstić information content (AvgIpc) is 2.56. The minimum Gasteiger partial charge on any atom is -0.508 e. The molecule has 0 radical (unpaired) electrons. The van der Waals surface area contributed by atoms with Gasteiger partial charge >= 0.3 is 5.97 Å². The van der Waals surface area contributed by atoms with E-state index < -0.39 is 17.9 Å². The Morgan fingerprint density at radius 2 is 1.83 bits per heavy atom. The third kappa shape index (κ3) is 4.73. The fourth-order valence-corrected chi connectivity index (χ4v) is 2.41. The zero-order valence-electron chi connectivity index (χ0n) is 13.2. The molecule has 2 aromatic carbocycles. The van der Waals surface area contributed by atoms with Crippen molar-refractivity contribution in [2.45, 2.75) is 19.4 Å². The number of ether oxygens (including phenoxy) is 1. The standard InChI is InChI=1S/C18H18ClNO4/c1-2-24-18(23)16(11-12-7-9-13(21)10-8-12)20-17(22)14-5-3-4-6-15(14)19/h3-10,16,21H,2,11H2,1H3,(H,20,22)/t16-/m0/s1. The third-order valence-corrected chi connectivity index (χ3v) is 3.70. The summed E-state index contributed by atoms with van der Waals surface area (Å²) in [6.45, 7) is 1.91. The van der Waals surface area contributed by atoms with Crippen LogP contribution < -0.4 is 5.32 Å². The Labute approximate surface area is 145 Å². The molecular formula is C18H18ClNO4. The highest BCUT2D eigenvalue weighted by Crippen LogP contribution is 2.16. The molecule has 2 N–H and O–H groups in total. The summed E-state index contributed by atoms with van der Waals surface area (Å²) in [5, 5.41) is 12.3. The van der Waals surface area contributed by atoms with Gasteiger partial charge in [-0.05, 0) is 36.8 Å². The van der Waals surface area contributed by atoms with Crippen molar-refractivity contribution in [2.75, 3.05) is 6.61 Å². The summed E-state index contributed by atoms with van der Waals surface area (Å²) in [7, 11) is 0. The molecule has 6 heteroatoms. The molecule has 0 saturated carbocycles. The summed E-state index contributed by atoms with van der Waals surface area (Å²) in [5.74, 6) is -0.838. The zero-order valence-corrected chi connectivity index (χ0v) is 13.9. The number of esters is 1. The molecular weight excluding hydrogens is 330 g/mol. The maximum absolute atomic E-state index is 12.4. The van der Waals surface area contributed by atoms with E-state index in [2.05, 4.69) is 5.32 Å². The Hall–Kier alpha value is -2.53. The first-order valence-electron chi connectivity index (χ1n) is 7.51. The fraction of sp³-hybridized carbons (Fsp3) is 0.222. The Morgan fingerprint density at radius 1 is 1.17 bits per heavy atom. The lowest BCUT2D eigenvalue weighted by atomic mass is 10.1. The number of aromatic hydroxyl groups is 1. The van der Waals surface area contributed by atoms with Gasteiger partial charge in [0.25, 0.3) is 5.91 Å². The molecule has 1 atom stereocenters. The van der Waals surface area contributed by atoms with E-state index >= 15 is 0 Å². The fourth-order valence-electron chi connectivity index (χ4n) is 2.19. The van der Waals surface area contributed by atoms with E-state index in [1.807, 2.05) is 0 Å². The van der Waals surface area contributed by atoms with Crippen LogP contribution >= 0.6 is 11.6 Å². The number of carbonyl (C=O) groups is 2. The molecule has 5 nitrogen and oxygen atoms in total. The van der Waals surface area contributed by atoms with Gasteiger partial charge in [-0.25, -0.2) is 4.79 Å². The van der Waals surface area contributed by atoms with Crippen molar-refractivity contribution in [3.8, 4) is 5.75 Å². The van der Waals surface area contributed by atoms with E-state index in [1.165, 1.54) is 12.1 Å². The SMILES string of the molecule is CCOC(=O)[C@H](Cc1ccc(O)cc1)NC(=O)c1ccccc1Cl. The van der Waals surface area contributed by atoms with Gasteiger partial charge in [-0.1, -0.05) is 35.9 Å². The normalized spacial score (nSPS) is 11.6. The predicted octanol–water partition coefficient (Wildman–Crippen LogP) is 2.95. The lowest BCUT2D eigenvalue weighted by molar-refractivity contribution is -0.145. The molecule has 24 heavy (non-hydrogen) atoms. The predicted molar refractivity (Wildman–Crippen MR) is 91.2 cm³/mol. The number of carbonyl (C=O) groups excluding carboxylic acids is 2. The largest absolute Gasteiger partial charge is 0.508 e. The highest BCUT2D eigenvalue weighted by molar-refractivity contribution is 6.33. The Kier molecular flexibility index (Phi) is 6.21. The van der Waals surface area contributed by atoms with Crippen molar-refractivity contribution in [3.63, 3.8) is 0 Å². The maximum Gasteiger partial charge on any atom is 0.328 e. The molecule has 0 aliphatic carbocycles.